The predicted octanol–water partition coefficient (Wildman–Crippen LogP) is -1.20. The Bertz CT molecular complexity index is 507. The van der Waals surface area contributed by atoms with Gasteiger partial charge < -0.3 is 10.5 Å². The van der Waals surface area contributed by atoms with Gasteiger partial charge in [-0.05, 0) is 15.9 Å². The highest BCUT2D eigenvalue weighted by molar-refractivity contribution is 9.10. The first-order valence-corrected chi connectivity index (χ1v) is 5.07. The molecule has 1 rings (SSSR count). The zero-order chi connectivity index (χ0) is 12.3. The maximum absolute atomic E-state index is 11.3. The molecule has 1 atom stereocenters. The molecule has 88 valence electrons. The molecule has 1 aromatic rings. The van der Waals surface area contributed by atoms with Gasteiger partial charge in [0.25, 0.3) is 5.56 Å². The number of aromatic amines is 1. The number of esters is 1. The second-order valence-corrected chi connectivity index (χ2v) is 3.87. The SMILES string of the molecule is COC(=O)C(N)Cn1cc(Br)c(=O)[nH]c1=O. The number of halogens is 1. The van der Waals surface area contributed by atoms with E-state index >= 15 is 0 Å². The van der Waals surface area contributed by atoms with Gasteiger partial charge in [-0.3, -0.25) is 19.1 Å². The van der Waals surface area contributed by atoms with Crippen molar-refractivity contribution in [1.29, 1.82) is 0 Å². The van der Waals surface area contributed by atoms with Crippen LogP contribution >= 0.6 is 15.9 Å². The summed E-state index contributed by atoms with van der Waals surface area (Å²) in [5, 5.41) is 0. The summed E-state index contributed by atoms with van der Waals surface area (Å²) in [4.78, 5) is 35.4. The molecule has 1 aromatic heterocycles. The standard InChI is InChI=1S/C8H10BrN3O4/c1-16-7(14)5(10)3-12-2-4(9)6(13)11-8(12)15/h2,5H,3,10H2,1H3,(H,11,13,15). The third-order valence-corrected chi connectivity index (χ3v) is 2.43. The number of rotatable bonds is 3. The summed E-state index contributed by atoms with van der Waals surface area (Å²) >= 11 is 2.96. The van der Waals surface area contributed by atoms with Crippen LogP contribution in [0.5, 0.6) is 0 Å². The van der Waals surface area contributed by atoms with Gasteiger partial charge in [-0.2, -0.15) is 0 Å². The predicted molar refractivity (Wildman–Crippen MR) is 59.0 cm³/mol. The molecule has 0 amide bonds. The van der Waals surface area contributed by atoms with E-state index in [2.05, 4.69) is 25.7 Å². The minimum Gasteiger partial charge on any atom is -0.468 e. The molecule has 0 fully saturated rings. The van der Waals surface area contributed by atoms with Crippen molar-refractivity contribution in [2.45, 2.75) is 12.6 Å². The van der Waals surface area contributed by atoms with E-state index in [1.54, 1.807) is 0 Å². The lowest BCUT2D eigenvalue weighted by Crippen LogP contribution is -2.40. The van der Waals surface area contributed by atoms with E-state index in [0.29, 0.717) is 0 Å². The minimum atomic E-state index is -0.958. The van der Waals surface area contributed by atoms with E-state index < -0.39 is 23.3 Å². The largest absolute Gasteiger partial charge is 0.468 e. The van der Waals surface area contributed by atoms with Crippen molar-refractivity contribution in [1.82, 2.24) is 9.55 Å². The van der Waals surface area contributed by atoms with Crippen LogP contribution in [0.15, 0.2) is 20.3 Å². The summed E-state index contributed by atoms with van der Waals surface area (Å²) in [6.45, 7) is -0.0686. The Morgan fingerprint density at radius 3 is 2.88 bits per heavy atom. The molecule has 0 saturated heterocycles. The molecule has 0 aliphatic carbocycles. The maximum atomic E-state index is 11.3. The van der Waals surface area contributed by atoms with Crippen LogP contribution in [0.4, 0.5) is 0 Å². The number of hydrogen-bond donors (Lipinski definition) is 2. The molecule has 0 aliphatic rings. The fourth-order valence-corrected chi connectivity index (χ4v) is 1.40. The molecule has 1 heterocycles. The molecule has 0 radical (unpaired) electrons. The Morgan fingerprint density at radius 1 is 1.69 bits per heavy atom. The Balaban J connectivity index is 2.98. The number of carbonyl (C=O) groups excluding carboxylic acids is 1. The number of nitrogens with two attached hydrogens (primary N) is 1. The van der Waals surface area contributed by atoms with Gasteiger partial charge in [0.2, 0.25) is 0 Å². The molecule has 0 bridgehead atoms. The zero-order valence-electron chi connectivity index (χ0n) is 8.40. The fourth-order valence-electron chi connectivity index (χ4n) is 1.06. The number of aromatic nitrogens is 2. The summed E-state index contributed by atoms with van der Waals surface area (Å²) in [7, 11) is 1.20. The zero-order valence-corrected chi connectivity index (χ0v) is 9.98. The molecule has 1 unspecified atom stereocenters. The lowest BCUT2D eigenvalue weighted by molar-refractivity contribution is -0.142. The summed E-state index contributed by atoms with van der Waals surface area (Å²) in [6, 6.07) is -0.958. The molecule has 8 heteroatoms. The lowest BCUT2D eigenvalue weighted by atomic mass is 10.3. The van der Waals surface area contributed by atoms with Crippen LogP contribution in [0.2, 0.25) is 0 Å². The van der Waals surface area contributed by atoms with Crippen LogP contribution in [0.3, 0.4) is 0 Å². The second kappa shape index (κ2) is 5.08. The lowest BCUT2D eigenvalue weighted by Gasteiger charge is -2.10. The van der Waals surface area contributed by atoms with Gasteiger partial charge >= 0.3 is 11.7 Å². The van der Waals surface area contributed by atoms with Crippen molar-refractivity contribution in [2.24, 2.45) is 5.73 Å². The first-order valence-electron chi connectivity index (χ1n) is 4.28. The quantitative estimate of drug-likeness (QED) is 0.680. The monoisotopic (exact) mass is 291 g/mol. The topological polar surface area (TPSA) is 107 Å². The Labute approximate surface area is 98.3 Å². The number of methoxy groups -OCH3 is 1. The molecule has 0 aromatic carbocycles. The first kappa shape index (κ1) is 12.7. The highest BCUT2D eigenvalue weighted by Gasteiger charge is 2.15. The number of carbonyl (C=O) groups is 1. The van der Waals surface area contributed by atoms with Crippen LogP contribution in [-0.2, 0) is 16.1 Å². The van der Waals surface area contributed by atoms with Crippen molar-refractivity contribution in [3.05, 3.63) is 31.5 Å². The number of nitrogens with zero attached hydrogens (tertiary/aromatic N) is 1. The Kier molecular flexibility index (Phi) is 4.02. The smallest absolute Gasteiger partial charge is 0.328 e. The average molecular weight is 292 g/mol. The first-order chi connectivity index (χ1) is 7.45. The third kappa shape index (κ3) is 2.80. The number of nitrogens with one attached hydrogen (secondary N) is 1. The third-order valence-electron chi connectivity index (χ3n) is 1.86. The molecule has 16 heavy (non-hydrogen) atoms. The highest BCUT2D eigenvalue weighted by atomic mass is 79.9. The van der Waals surface area contributed by atoms with Crippen LogP contribution < -0.4 is 17.0 Å². The van der Waals surface area contributed by atoms with Crippen molar-refractivity contribution >= 4 is 21.9 Å². The highest BCUT2D eigenvalue weighted by Crippen LogP contribution is 1.98. The second-order valence-electron chi connectivity index (χ2n) is 3.02. The van der Waals surface area contributed by atoms with E-state index in [1.165, 1.54) is 13.3 Å². The van der Waals surface area contributed by atoms with E-state index in [0.717, 1.165) is 4.57 Å². The minimum absolute atomic E-state index is 0.0686. The van der Waals surface area contributed by atoms with Crippen molar-refractivity contribution in [3.8, 4) is 0 Å². The van der Waals surface area contributed by atoms with Gasteiger partial charge in [0, 0.05) is 6.20 Å². The normalized spacial score (nSPS) is 12.2. The number of hydrogen-bond acceptors (Lipinski definition) is 5. The molecule has 0 spiro atoms. The Hall–Kier alpha value is -1.41. The fraction of sp³-hybridized carbons (Fsp3) is 0.375. The van der Waals surface area contributed by atoms with Gasteiger partial charge in [0.15, 0.2) is 0 Å². The van der Waals surface area contributed by atoms with Crippen LogP contribution in [0.1, 0.15) is 0 Å². The van der Waals surface area contributed by atoms with Crippen molar-refractivity contribution < 1.29 is 9.53 Å². The van der Waals surface area contributed by atoms with Gasteiger partial charge in [0.1, 0.15) is 6.04 Å². The van der Waals surface area contributed by atoms with E-state index in [1.807, 2.05) is 0 Å². The average Bonchev–Trinajstić information content (AvgIpc) is 2.24. The molecule has 3 N–H and O–H groups in total. The number of H-pyrrole nitrogens is 1. The molecule has 7 nitrogen and oxygen atoms in total. The summed E-state index contributed by atoms with van der Waals surface area (Å²) in [5.41, 5.74) is 4.31. The maximum Gasteiger partial charge on any atom is 0.328 e. The van der Waals surface area contributed by atoms with E-state index in [-0.39, 0.29) is 11.0 Å². The van der Waals surface area contributed by atoms with Crippen molar-refractivity contribution in [2.75, 3.05) is 7.11 Å². The number of ether oxygens (including phenoxy) is 1. The van der Waals surface area contributed by atoms with Gasteiger partial charge in [-0.15, -0.1) is 0 Å². The Morgan fingerprint density at radius 2 is 2.31 bits per heavy atom. The molecule has 0 saturated carbocycles. The summed E-state index contributed by atoms with van der Waals surface area (Å²) < 4.78 is 5.72. The van der Waals surface area contributed by atoms with E-state index in [9.17, 15) is 14.4 Å². The van der Waals surface area contributed by atoms with Crippen molar-refractivity contribution in [3.63, 3.8) is 0 Å². The van der Waals surface area contributed by atoms with Crippen LogP contribution in [0.25, 0.3) is 0 Å². The molecule has 0 aliphatic heterocycles. The van der Waals surface area contributed by atoms with Crippen LogP contribution in [-0.4, -0.2) is 28.7 Å². The van der Waals surface area contributed by atoms with Gasteiger partial charge in [-0.25, -0.2) is 4.79 Å². The molecular formula is C8H10BrN3O4. The van der Waals surface area contributed by atoms with Gasteiger partial charge in [0.05, 0.1) is 18.1 Å². The summed E-state index contributed by atoms with van der Waals surface area (Å²) in [6.07, 6.45) is 1.27. The summed E-state index contributed by atoms with van der Waals surface area (Å²) in [5.74, 6) is -0.630. The van der Waals surface area contributed by atoms with E-state index in [4.69, 9.17) is 5.73 Å². The van der Waals surface area contributed by atoms with Crippen LogP contribution in [0, 0.1) is 0 Å². The van der Waals surface area contributed by atoms with Gasteiger partial charge in [-0.1, -0.05) is 0 Å². The molecular weight excluding hydrogens is 282 g/mol.